The third kappa shape index (κ3) is 30.0. The molecule has 0 amide bonds. The van der Waals surface area contributed by atoms with Gasteiger partial charge in [0.1, 0.15) is 0 Å². The summed E-state index contributed by atoms with van der Waals surface area (Å²) in [7, 11) is 0. The molecule has 0 atom stereocenters. The average Bonchev–Trinajstić information content (AvgIpc) is 2.02. The van der Waals surface area contributed by atoms with Crippen molar-refractivity contribution in [3.63, 3.8) is 0 Å². The number of carboxylic acid groups (broad SMARTS) is 3. The predicted molar refractivity (Wildman–Crippen MR) is 50.8 cm³/mol. The van der Waals surface area contributed by atoms with Crippen molar-refractivity contribution in [2.24, 2.45) is 0 Å². The Morgan fingerprint density at radius 1 is 0.857 bits per heavy atom. The van der Waals surface area contributed by atoms with Crippen LogP contribution in [-0.2, 0) is 14.4 Å². The molecule has 0 unspecified atom stereocenters. The van der Waals surface area contributed by atoms with E-state index in [-0.39, 0.29) is 48.9 Å². The van der Waals surface area contributed by atoms with Crippen LogP contribution in [0.4, 0.5) is 0 Å². The van der Waals surface area contributed by atoms with Gasteiger partial charge in [0, 0.05) is 18.2 Å². The number of hydrogen-bond donors (Lipinski definition) is 3. The Bertz CT molecular complexity index is 229. The molecule has 0 heterocycles. The molecular weight excluding hydrogens is 317 g/mol. The first kappa shape index (κ1) is 19.1. The second-order valence-corrected chi connectivity index (χ2v) is 1.55. The van der Waals surface area contributed by atoms with E-state index in [0.29, 0.717) is 12.2 Å². The Balaban J connectivity index is -0.000000177. The van der Waals surface area contributed by atoms with Crippen molar-refractivity contribution in [2.75, 3.05) is 0 Å². The third-order valence-corrected chi connectivity index (χ3v) is 0.543. The standard InChI is InChI=1S/C4H4O4.C3H4O2.Ba.2H/c5-3(6)1-2-4(7)8;1-2-3(4)5;;;/h1-2H,(H,5,6)(H,7,8);2H,1H2,(H,4,5);;;/b2-1-;;;;. The second-order valence-electron chi connectivity index (χ2n) is 1.55. The van der Waals surface area contributed by atoms with Crippen molar-refractivity contribution in [1.82, 2.24) is 0 Å². The van der Waals surface area contributed by atoms with Gasteiger partial charge in [-0.05, 0) is 0 Å². The Labute approximate surface area is 120 Å². The molecule has 76 valence electrons. The molecule has 0 aliphatic carbocycles. The monoisotopic (exact) mass is 328 g/mol. The summed E-state index contributed by atoms with van der Waals surface area (Å²) in [6, 6.07) is 0. The van der Waals surface area contributed by atoms with Crippen LogP contribution in [0.5, 0.6) is 0 Å². The maximum atomic E-state index is 9.55. The molecule has 0 aliphatic rings. The van der Waals surface area contributed by atoms with Crippen molar-refractivity contribution in [3.05, 3.63) is 24.8 Å². The molecule has 0 rings (SSSR count). The van der Waals surface area contributed by atoms with E-state index in [2.05, 4.69) is 6.58 Å². The molecule has 14 heavy (non-hydrogen) atoms. The molecule has 3 N–H and O–H groups in total. The van der Waals surface area contributed by atoms with Gasteiger partial charge in [0.05, 0.1) is 0 Å². The summed E-state index contributed by atoms with van der Waals surface area (Å²) < 4.78 is 0. The summed E-state index contributed by atoms with van der Waals surface area (Å²) >= 11 is 0. The first-order valence-electron chi connectivity index (χ1n) is 2.89. The molecule has 0 saturated heterocycles. The summed E-state index contributed by atoms with van der Waals surface area (Å²) in [4.78, 5) is 28.4. The minimum absolute atomic E-state index is 0. The summed E-state index contributed by atoms with van der Waals surface area (Å²) in [6.45, 7) is 2.96. The van der Waals surface area contributed by atoms with Crippen LogP contribution < -0.4 is 0 Å². The van der Waals surface area contributed by atoms with Gasteiger partial charge in [-0.3, -0.25) is 0 Å². The topological polar surface area (TPSA) is 112 Å². The molecule has 0 bridgehead atoms. The Morgan fingerprint density at radius 2 is 1.07 bits per heavy atom. The molecule has 0 spiro atoms. The van der Waals surface area contributed by atoms with E-state index in [0.717, 1.165) is 6.08 Å². The number of carbonyl (C=O) groups is 3. The fourth-order valence-corrected chi connectivity index (χ4v) is 0.143. The van der Waals surface area contributed by atoms with Gasteiger partial charge in [0.2, 0.25) is 0 Å². The molecular formula is C7H10BaO6. The third-order valence-electron chi connectivity index (χ3n) is 0.543. The summed E-state index contributed by atoms with van der Waals surface area (Å²) in [5, 5.41) is 23.2. The Kier molecular flexibility index (Phi) is 17.0. The molecule has 0 aliphatic heterocycles. The number of aliphatic carboxylic acids is 3. The van der Waals surface area contributed by atoms with Crippen molar-refractivity contribution >= 4 is 66.8 Å². The number of hydrogen-bond acceptors (Lipinski definition) is 3. The van der Waals surface area contributed by atoms with Crippen LogP contribution in [0.15, 0.2) is 24.8 Å². The zero-order chi connectivity index (χ0) is 10.9. The number of carboxylic acids is 3. The fourth-order valence-electron chi connectivity index (χ4n) is 0.143. The van der Waals surface area contributed by atoms with Gasteiger partial charge < -0.3 is 15.3 Å². The van der Waals surface area contributed by atoms with E-state index in [4.69, 9.17) is 15.3 Å². The first-order chi connectivity index (χ1) is 5.90. The Morgan fingerprint density at radius 3 is 1.14 bits per heavy atom. The van der Waals surface area contributed by atoms with Crippen LogP contribution in [0.2, 0.25) is 0 Å². The van der Waals surface area contributed by atoms with Crippen molar-refractivity contribution in [1.29, 1.82) is 0 Å². The zero-order valence-corrected chi connectivity index (χ0v) is 6.51. The van der Waals surface area contributed by atoms with Crippen molar-refractivity contribution in [2.45, 2.75) is 0 Å². The molecule has 7 heteroatoms. The molecule has 0 radical (unpaired) electrons. The summed E-state index contributed by atoms with van der Waals surface area (Å²) in [5.74, 6) is -3.50. The van der Waals surface area contributed by atoms with E-state index < -0.39 is 17.9 Å². The van der Waals surface area contributed by atoms with E-state index in [9.17, 15) is 14.4 Å². The zero-order valence-electron chi connectivity index (χ0n) is 6.51. The van der Waals surface area contributed by atoms with E-state index in [1.165, 1.54) is 0 Å². The van der Waals surface area contributed by atoms with Gasteiger partial charge in [-0.25, -0.2) is 14.4 Å². The van der Waals surface area contributed by atoms with Crippen LogP contribution in [0.3, 0.4) is 0 Å². The molecule has 0 aromatic carbocycles. The van der Waals surface area contributed by atoms with Crippen molar-refractivity contribution in [3.8, 4) is 0 Å². The second kappa shape index (κ2) is 12.5. The van der Waals surface area contributed by atoms with Gasteiger partial charge in [-0.1, -0.05) is 6.58 Å². The van der Waals surface area contributed by atoms with Crippen LogP contribution in [0.1, 0.15) is 0 Å². The molecule has 0 saturated carbocycles. The molecule has 0 fully saturated rings. The first-order valence-corrected chi connectivity index (χ1v) is 2.89. The van der Waals surface area contributed by atoms with E-state index in [1.54, 1.807) is 0 Å². The van der Waals surface area contributed by atoms with E-state index >= 15 is 0 Å². The Hall–Kier alpha value is -0.539. The van der Waals surface area contributed by atoms with Gasteiger partial charge >= 0.3 is 66.8 Å². The molecule has 6 nitrogen and oxygen atoms in total. The summed E-state index contributed by atoms with van der Waals surface area (Å²) in [6.07, 6.45) is 1.95. The van der Waals surface area contributed by atoms with Crippen molar-refractivity contribution < 1.29 is 29.7 Å². The average molecular weight is 327 g/mol. The normalized spacial score (nSPS) is 7.71. The fraction of sp³-hybridized carbons (Fsp3) is 0. The van der Waals surface area contributed by atoms with Crippen LogP contribution in [-0.4, -0.2) is 82.1 Å². The van der Waals surface area contributed by atoms with Gasteiger partial charge in [-0.2, -0.15) is 0 Å². The SMILES string of the molecule is C=CC(=O)O.O=C(O)/C=C\C(=O)O.[BaH2]. The summed E-state index contributed by atoms with van der Waals surface area (Å²) in [5.41, 5.74) is 0. The predicted octanol–water partition coefficient (Wildman–Crippen LogP) is -0.947. The van der Waals surface area contributed by atoms with Crippen LogP contribution >= 0.6 is 0 Å². The minimum atomic E-state index is -1.26. The van der Waals surface area contributed by atoms with Crippen LogP contribution in [0, 0.1) is 0 Å². The van der Waals surface area contributed by atoms with Crippen LogP contribution in [0.25, 0.3) is 0 Å². The molecule has 0 aromatic rings. The maximum absolute atomic E-state index is 9.55. The number of rotatable bonds is 3. The van der Waals surface area contributed by atoms with E-state index in [1.807, 2.05) is 0 Å². The van der Waals surface area contributed by atoms with Gasteiger partial charge in [-0.15, -0.1) is 0 Å². The van der Waals surface area contributed by atoms with Gasteiger partial charge in [0.25, 0.3) is 0 Å². The molecule has 0 aromatic heterocycles. The van der Waals surface area contributed by atoms with Gasteiger partial charge in [0.15, 0.2) is 0 Å². The quantitative estimate of drug-likeness (QED) is 0.455.